The van der Waals surface area contributed by atoms with E-state index in [1.54, 1.807) is 12.1 Å². The molecule has 1 aromatic carbocycles. The number of hydrogen-bond donors (Lipinski definition) is 2. The average Bonchev–Trinajstić information content (AvgIpc) is 2.46. The van der Waals surface area contributed by atoms with Crippen LogP contribution in [0.1, 0.15) is 67.3 Å². The maximum atomic E-state index is 10.9. The Morgan fingerprint density at radius 1 is 0.950 bits per heavy atom. The molecule has 0 bridgehead atoms. The van der Waals surface area contributed by atoms with E-state index in [1.807, 2.05) is 12.1 Å². The van der Waals surface area contributed by atoms with Gasteiger partial charge in [0.05, 0.1) is 5.56 Å². The quantitative estimate of drug-likeness (QED) is 0.446. The van der Waals surface area contributed by atoms with Gasteiger partial charge in [0.2, 0.25) is 0 Å². The lowest BCUT2D eigenvalue weighted by atomic mass is 10.0. The van der Waals surface area contributed by atoms with Crippen molar-refractivity contribution in [1.82, 2.24) is 0 Å². The standard InChI is InChI=1S/C17H26O2S/c18-17(19)16-12-9-11-15(14-16)10-7-5-3-1-2-4-6-8-13-20/h9,11-12,14,20H,1-8,10,13H2,(H,18,19). The number of thiol groups is 1. The third-order valence-corrected chi connectivity index (χ3v) is 3.86. The first-order valence-electron chi connectivity index (χ1n) is 7.67. The van der Waals surface area contributed by atoms with Crippen LogP contribution in [0.15, 0.2) is 24.3 Å². The molecule has 0 unspecified atom stereocenters. The first kappa shape index (κ1) is 17.1. The van der Waals surface area contributed by atoms with E-state index < -0.39 is 5.97 Å². The second-order valence-electron chi connectivity index (χ2n) is 5.31. The highest BCUT2D eigenvalue weighted by atomic mass is 32.1. The number of aryl methyl sites for hydroxylation is 1. The summed E-state index contributed by atoms with van der Waals surface area (Å²) < 4.78 is 0. The number of carboxylic acids is 1. The molecule has 1 rings (SSSR count). The van der Waals surface area contributed by atoms with Crippen LogP contribution in [0.2, 0.25) is 0 Å². The molecule has 0 saturated heterocycles. The minimum absolute atomic E-state index is 0.395. The molecule has 0 amide bonds. The number of aromatic carboxylic acids is 1. The molecule has 0 aromatic heterocycles. The van der Waals surface area contributed by atoms with Crippen LogP contribution in [0.25, 0.3) is 0 Å². The van der Waals surface area contributed by atoms with E-state index >= 15 is 0 Å². The van der Waals surface area contributed by atoms with Gasteiger partial charge in [-0.3, -0.25) is 0 Å². The van der Waals surface area contributed by atoms with Gasteiger partial charge in [0, 0.05) is 0 Å². The van der Waals surface area contributed by atoms with Crippen LogP contribution >= 0.6 is 12.6 Å². The van der Waals surface area contributed by atoms with Gasteiger partial charge in [-0.15, -0.1) is 0 Å². The van der Waals surface area contributed by atoms with Gasteiger partial charge in [-0.25, -0.2) is 4.79 Å². The van der Waals surface area contributed by atoms with E-state index in [4.69, 9.17) is 5.11 Å². The maximum Gasteiger partial charge on any atom is 0.335 e. The van der Waals surface area contributed by atoms with Crippen molar-refractivity contribution in [3.8, 4) is 0 Å². The summed E-state index contributed by atoms with van der Waals surface area (Å²) in [5.41, 5.74) is 1.53. The van der Waals surface area contributed by atoms with Gasteiger partial charge >= 0.3 is 5.97 Å². The monoisotopic (exact) mass is 294 g/mol. The molecule has 2 nitrogen and oxygen atoms in total. The molecule has 20 heavy (non-hydrogen) atoms. The summed E-state index contributed by atoms with van der Waals surface area (Å²) in [6, 6.07) is 7.29. The Kier molecular flexibility index (Phi) is 9.22. The Morgan fingerprint density at radius 3 is 2.15 bits per heavy atom. The van der Waals surface area contributed by atoms with Crippen molar-refractivity contribution in [2.45, 2.75) is 57.8 Å². The van der Waals surface area contributed by atoms with E-state index in [-0.39, 0.29) is 0 Å². The Balaban J connectivity index is 2.06. The van der Waals surface area contributed by atoms with E-state index in [9.17, 15) is 4.79 Å². The van der Waals surface area contributed by atoms with E-state index in [0.717, 1.165) is 24.2 Å². The zero-order chi connectivity index (χ0) is 14.6. The topological polar surface area (TPSA) is 37.3 Å². The third kappa shape index (κ3) is 7.59. The molecule has 0 radical (unpaired) electrons. The summed E-state index contributed by atoms with van der Waals surface area (Å²) in [7, 11) is 0. The van der Waals surface area contributed by atoms with Crippen LogP contribution in [-0.2, 0) is 6.42 Å². The summed E-state index contributed by atoms with van der Waals surface area (Å²) in [6.45, 7) is 0. The van der Waals surface area contributed by atoms with E-state index in [0.29, 0.717) is 5.56 Å². The van der Waals surface area contributed by atoms with Crippen molar-refractivity contribution in [2.24, 2.45) is 0 Å². The number of benzene rings is 1. The van der Waals surface area contributed by atoms with Gasteiger partial charge in [0.1, 0.15) is 0 Å². The summed E-state index contributed by atoms with van der Waals surface area (Å²) in [5.74, 6) is 0.170. The van der Waals surface area contributed by atoms with E-state index in [1.165, 1.54) is 44.9 Å². The van der Waals surface area contributed by atoms with Crippen LogP contribution in [-0.4, -0.2) is 16.8 Å². The third-order valence-electron chi connectivity index (χ3n) is 3.55. The minimum Gasteiger partial charge on any atom is -0.478 e. The fourth-order valence-corrected chi connectivity index (χ4v) is 2.59. The second-order valence-corrected chi connectivity index (χ2v) is 5.75. The molecule has 0 spiro atoms. The van der Waals surface area contributed by atoms with Crippen molar-refractivity contribution in [1.29, 1.82) is 0 Å². The van der Waals surface area contributed by atoms with Gasteiger partial charge < -0.3 is 5.11 Å². The molecule has 0 saturated carbocycles. The van der Waals surface area contributed by atoms with Gasteiger partial charge in [0.15, 0.2) is 0 Å². The van der Waals surface area contributed by atoms with Gasteiger partial charge in [-0.2, -0.15) is 12.6 Å². The lowest BCUT2D eigenvalue weighted by Gasteiger charge is -2.04. The molecule has 0 fully saturated rings. The van der Waals surface area contributed by atoms with Crippen LogP contribution in [0.4, 0.5) is 0 Å². The summed E-state index contributed by atoms with van der Waals surface area (Å²) >= 11 is 4.21. The molecule has 0 aliphatic rings. The molecule has 0 heterocycles. The molecule has 1 N–H and O–H groups in total. The molecule has 112 valence electrons. The Bertz CT molecular complexity index is 390. The van der Waals surface area contributed by atoms with Gasteiger partial charge in [0.25, 0.3) is 0 Å². The molecule has 1 aromatic rings. The SMILES string of the molecule is O=C(O)c1cccc(CCCCCCCCCCS)c1. The number of hydrogen-bond acceptors (Lipinski definition) is 2. The van der Waals surface area contributed by atoms with Crippen molar-refractivity contribution >= 4 is 18.6 Å². The molecular weight excluding hydrogens is 268 g/mol. The smallest absolute Gasteiger partial charge is 0.335 e. The normalized spacial score (nSPS) is 10.7. The van der Waals surface area contributed by atoms with Crippen molar-refractivity contribution in [3.63, 3.8) is 0 Å². The first-order chi connectivity index (χ1) is 9.74. The number of carbonyl (C=O) groups is 1. The number of rotatable bonds is 11. The molecule has 0 aliphatic carbocycles. The minimum atomic E-state index is -0.840. The van der Waals surface area contributed by atoms with Crippen LogP contribution in [0.5, 0.6) is 0 Å². The lowest BCUT2D eigenvalue weighted by Crippen LogP contribution is -1.97. The zero-order valence-electron chi connectivity index (χ0n) is 12.2. The van der Waals surface area contributed by atoms with Gasteiger partial charge in [-0.1, -0.05) is 50.7 Å². The molecule has 3 heteroatoms. The van der Waals surface area contributed by atoms with Crippen LogP contribution in [0, 0.1) is 0 Å². The fraction of sp³-hybridized carbons (Fsp3) is 0.588. The average molecular weight is 294 g/mol. The summed E-state index contributed by atoms with van der Waals surface area (Å²) in [5, 5.41) is 8.93. The summed E-state index contributed by atoms with van der Waals surface area (Å²) in [6.07, 6.45) is 11.2. The predicted octanol–water partition coefficient (Wildman–Crippen LogP) is 4.98. The van der Waals surface area contributed by atoms with Crippen molar-refractivity contribution in [3.05, 3.63) is 35.4 Å². The maximum absolute atomic E-state index is 10.9. The zero-order valence-corrected chi connectivity index (χ0v) is 13.1. The molecule has 0 atom stereocenters. The van der Waals surface area contributed by atoms with Crippen molar-refractivity contribution < 1.29 is 9.90 Å². The Hall–Kier alpha value is -0.960. The predicted molar refractivity (Wildman–Crippen MR) is 87.9 cm³/mol. The highest BCUT2D eigenvalue weighted by Crippen LogP contribution is 2.12. The number of carboxylic acid groups (broad SMARTS) is 1. The van der Waals surface area contributed by atoms with Crippen LogP contribution < -0.4 is 0 Å². The summed E-state index contributed by atoms with van der Waals surface area (Å²) in [4.78, 5) is 10.9. The Labute approximate surface area is 128 Å². The molecular formula is C17H26O2S. The first-order valence-corrected chi connectivity index (χ1v) is 8.30. The van der Waals surface area contributed by atoms with Gasteiger partial charge in [-0.05, 0) is 42.7 Å². The van der Waals surface area contributed by atoms with Crippen LogP contribution in [0.3, 0.4) is 0 Å². The fourth-order valence-electron chi connectivity index (χ4n) is 2.36. The Morgan fingerprint density at radius 2 is 1.55 bits per heavy atom. The largest absolute Gasteiger partial charge is 0.478 e. The second kappa shape index (κ2) is 10.8. The molecule has 0 aliphatic heterocycles. The highest BCUT2D eigenvalue weighted by Gasteiger charge is 2.02. The highest BCUT2D eigenvalue weighted by molar-refractivity contribution is 7.80. The van der Waals surface area contributed by atoms with E-state index in [2.05, 4.69) is 12.6 Å². The number of unbranched alkanes of at least 4 members (excludes halogenated alkanes) is 7. The van der Waals surface area contributed by atoms with Crippen molar-refractivity contribution in [2.75, 3.05) is 5.75 Å². The lowest BCUT2D eigenvalue weighted by molar-refractivity contribution is 0.0696.